The van der Waals surface area contributed by atoms with Crippen molar-refractivity contribution in [2.75, 3.05) is 5.32 Å². The summed E-state index contributed by atoms with van der Waals surface area (Å²) in [5, 5.41) is 2.88. The van der Waals surface area contributed by atoms with Crippen molar-refractivity contribution in [2.24, 2.45) is 0 Å². The van der Waals surface area contributed by atoms with Crippen molar-refractivity contribution < 1.29 is 9.53 Å². The molecule has 3 nitrogen and oxygen atoms in total. The van der Waals surface area contributed by atoms with E-state index in [2.05, 4.69) is 12.2 Å². The maximum absolute atomic E-state index is 12.2. The molecule has 0 bridgehead atoms. The molecule has 2 aromatic carbocycles. The number of aryl methyl sites for hydroxylation is 2. The summed E-state index contributed by atoms with van der Waals surface area (Å²) in [7, 11) is 0. The zero-order valence-electron chi connectivity index (χ0n) is 11.0. The van der Waals surface area contributed by atoms with Crippen molar-refractivity contribution in [1.82, 2.24) is 0 Å². The summed E-state index contributed by atoms with van der Waals surface area (Å²) in [5.74, 6) is 1.20. The van der Waals surface area contributed by atoms with E-state index in [1.165, 1.54) is 0 Å². The fraction of sp³-hybridized carbons (Fsp3) is 0.188. The fourth-order valence-electron chi connectivity index (χ4n) is 2.18. The van der Waals surface area contributed by atoms with Crippen molar-refractivity contribution in [3.63, 3.8) is 0 Å². The number of rotatable bonds is 1. The van der Waals surface area contributed by atoms with E-state index in [9.17, 15) is 4.79 Å². The van der Waals surface area contributed by atoms with Crippen molar-refractivity contribution in [3.05, 3.63) is 53.1 Å². The van der Waals surface area contributed by atoms with Gasteiger partial charge in [-0.3, -0.25) is 4.79 Å². The third-order valence-electron chi connectivity index (χ3n) is 3.30. The molecule has 0 radical (unpaired) electrons. The molecule has 3 heteroatoms. The van der Waals surface area contributed by atoms with Crippen molar-refractivity contribution in [3.8, 4) is 11.5 Å². The number of carbonyl (C=O) groups excluding carboxylic acids is 1. The van der Waals surface area contributed by atoms with Gasteiger partial charge in [0.25, 0.3) is 5.91 Å². The third kappa shape index (κ3) is 2.08. The number of carbonyl (C=O) groups is 1. The van der Waals surface area contributed by atoms with Crippen LogP contribution in [0.2, 0.25) is 0 Å². The van der Waals surface area contributed by atoms with Crippen LogP contribution in [0.1, 0.15) is 28.4 Å². The molecule has 0 aromatic heterocycles. The number of benzene rings is 2. The number of nitrogens with one attached hydrogen (secondary N) is 1. The zero-order valence-corrected chi connectivity index (χ0v) is 11.0. The number of fused-ring (bicyclic) bond motifs is 2. The average molecular weight is 253 g/mol. The topological polar surface area (TPSA) is 38.3 Å². The van der Waals surface area contributed by atoms with Gasteiger partial charge in [-0.25, -0.2) is 0 Å². The van der Waals surface area contributed by atoms with Gasteiger partial charge in [-0.15, -0.1) is 0 Å². The molecule has 3 rings (SSSR count). The van der Waals surface area contributed by atoms with E-state index >= 15 is 0 Å². The van der Waals surface area contributed by atoms with E-state index in [1.807, 2.05) is 43.3 Å². The van der Waals surface area contributed by atoms with Crippen LogP contribution in [0.5, 0.6) is 11.5 Å². The highest BCUT2D eigenvalue weighted by molar-refractivity contribution is 6.08. The van der Waals surface area contributed by atoms with Crippen LogP contribution in [0, 0.1) is 6.92 Å². The Morgan fingerprint density at radius 3 is 2.74 bits per heavy atom. The van der Waals surface area contributed by atoms with Gasteiger partial charge >= 0.3 is 0 Å². The number of anilines is 1. The number of hydrogen-bond acceptors (Lipinski definition) is 2. The largest absolute Gasteiger partial charge is 0.454 e. The SMILES string of the molecule is CCc1ccc2c(c1)Oc1cc(C)ccc1NC2=O. The third-order valence-corrected chi connectivity index (χ3v) is 3.30. The standard InChI is InChI=1S/C16H15NO2/c1-3-11-5-6-12-14(9-11)19-15-8-10(2)4-7-13(15)17-16(12)18/h4-9H,3H2,1-2H3,(H,17,18). The molecular formula is C16H15NO2. The van der Waals surface area contributed by atoms with E-state index in [1.54, 1.807) is 0 Å². The maximum atomic E-state index is 12.2. The van der Waals surface area contributed by atoms with Gasteiger partial charge in [0.1, 0.15) is 5.75 Å². The van der Waals surface area contributed by atoms with Crippen LogP contribution >= 0.6 is 0 Å². The molecule has 0 atom stereocenters. The van der Waals surface area contributed by atoms with Crippen molar-refractivity contribution in [2.45, 2.75) is 20.3 Å². The molecule has 2 aromatic rings. The monoisotopic (exact) mass is 253 g/mol. The molecule has 1 aliphatic rings. The number of hydrogen-bond donors (Lipinski definition) is 1. The van der Waals surface area contributed by atoms with Crippen LogP contribution in [0.3, 0.4) is 0 Å². The highest BCUT2D eigenvalue weighted by atomic mass is 16.5. The van der Waals surface area contributed by atoms with Crippen LogP contribution in [0.4, 0.5) is 5.69 Å². The molecule has 0 fully saturated rings. The van der Waals surface area contributed by atoms with Crippen molar-refractivity contribution >= 4 is 11.6 Å². The molecule has 1 heterocycles. The van der Waals surface area contributed by atoms with Crippen LogP contribution < -0.4 is 10.1 Å². The summed E-state index contributed by atoms with van der Waals surface area (Å²) < 4.78 is 5.91. The first kappa shape index (κ1) is 11.8. The second-order valence-corrected chi connectivity index (χ2v) is 4.74. The van der Waals surface area contributed by atoms with Gasteiger partial charge in [0, 0.05) is 0 Å². The van der Waals surface area contributed by atoms with Gasteiger partial charge in [0.2, 0.25) is 0 Å². The van der Waals surface area contributed by atoms with Crippen LogP contribution in [-0.4, -0.2) is 5.91 Å². The van der Waals surface area contributed by atoms with Gasteiger partial charge in [-0.2, -0.15) is 0 Å². The van der Waals surface area contributed by atoms with E-state index in [0.29, 0.717) is 22.7 Å². The molecule has 1 amide bonds. The molecule has 1 N–H and O–H groups in total. The van der Waals surface area contributed by atoms with Gasteiger partial charge in [-0.05, 0) is 48.7 Å². The number of ether oxygens (including phenoxy) is 1. The Hall–Kier alpha value is -2.29. The quantitative estimate of drug-likeness (QED) is 0.836. The lowest BCUT2D eigenvalue weighted by atomic mass is 10.1. The Labute approximate surface area is 112 Å². The van der Waals surface area contributed by atoms with E-state index in [4.69, 9.17) is 4.74 Å². The van der Waals surface area contributed by atoms with Crippen molar-refractivity contribution in [1.29, 1.82) is 0 Å². The van der Waals surface area contributed by atoms with Gasteiger partial charge in [0.05, 0.1) is 11.3 Å². The maximum Gasteiger partial charge on any atom is 0.259 e. The minimum Gasteiger partial charge on any atom is -0.454 e. The van der Waals surface area contributed by atoms with Crippen LogP contribution in [-0.2, 0) is 6.42 Å². The molecule has 0 unspecified atom stereocenters. The summed E-state index contributed by atoms with van der Waals surface area (Å²) in [5.41, 5.74) is 3.54. The molecule has 1 aliphatic heterocycles. The fourth-order valence-corrected chi connectivity index (χ4v) is 2.18. The first-order valence-corrected chi connectivity index (χ1v) is 6.40. The Kier molecular flexibility index (Phi) is 2.75. The van der Waals surface area contributed by atoms with Gasteiger partial charge in [0.15, 0.2) is 5.75 Å². The first-order chi connectivity index (χ1) is 9.17. The molecule has 0 aliphatic carbocycles. The molecule has 96 valence electrons. The lowest BCUT2D eigenvalue weighted by Gasteiger charge is -2.09. The smallest absolute Gasteiger partial charge is 0.259 e. The van der Waals surface area contributed by atoms with Gasteiger partial charge in [-0.1, -0.05) is 19.1 Å². The highest BCUT2D eigenvalue weighted by Crippen LogP contribution is 2.36. The predicted molar refractivity (Wildman–Crippen MR) is 75.0 cm³/mol. The second kappa shape index (κ2) is 4.43. The van der Waals surface area contributed by atoms with E-state index in [0.717, 1.165) is 17.5 Å². The zero-order chi connectivity index (χ0) is 13.4. The van der Waals surface area contributed by atoms with E-state index in [-0.39, 0.29) is 5.91 Å². The predicted octanol–water partition coefficient (Wildman–Crippen LogP) is 3.92. The summed E-state index contributed by atoms with van der Waals surface area (Å²) in [6.45, 7) is 4.08. The molecule has 0 spiro atoms. The Balaban J connectivity index is 2.14. The Bertz CT molecular complexity index is 662. The normalized spacial score (nSPS) is 12.8. The Morgan fingerprint density at radius 2 is 1.95 bits per heavy atom. The lowest BCUT2D eigenvalue weighted by molar-refractivity contribution is 0.102. The van der Waals surface area contributed by atoms with Gasteiger partial charge < -0.3 is 10.1 Å². The molecule has 0 saturated carbocycles. The average Bonchev–Trinajstić information content (AvgIpc) is 2.54. The molecule has 19 heavy (non-hydrogen) atoms. The highest BCUT2D eigenvalue weighted by Gasteiger charge is 2.20. The second-order valence-electron chi connectivity index (χ2n) is 4.74. The lowest BCUT2D eigenvalue weighted by Crippen LogP contribution is -2.10. The summed E-state index contributed by atoms with van der Waals surface area (Å²) in [6, 6.07) is 11.5. The molecule has 0 saturated heterocycles. The molecular weight excluding hydrogens is 238 g/mol. The van der Waals surface area contributed by atoms with Crippen LogP contribution in [0.25, 0.3) is 0 Å². The summed E-state index contributed by atoms with van der Waals surface area (Å²) in [4.78, 5) is 12.2. The number of amides is 1. The van der Waals surface area contributed by atoms with E-state index < -0.39 is 0 Å². The Morgan fingerprint density at radius 1 is 1.11 bits per heavy atom. The summed E-state index contributed by atoms with van der Waals surface area (Å²) >= 11 is 0. The minimum absolute atomic E-state index is 0.125. The minimum atomic E-state index is -0.125. The van der Waals surface area contributed by atoms with Crippen LogP contribution in [0.15, 0.2) is 36.4 Å². The first-order valence-electron chi connectivity index (χ1n) is 6.40. The summed E-state index contributed by atoms with van der Waals surface area (Å²) in [6.07, 6.45) is 0.916.